The van der Waals surface area contributed by atoms with Gasteiger partial charge in [-0.15, -0.1) is 0 Å². The molecule has 3 aromatic heterocycles. The van der Waals surface area contributed by atoms with Crippen LogP contribution >= 0.6 is 11.6 Å². The third kappa shape index (κ3) is 3.91. The van der Waals surface area contributed by atoms with Gasteiger partial charge < -0.3 is 9.88 Å². The fourth-order valence-electron chi connectivity index (χ4n) is 3.21. The summed E-state index contributed by atoms with van der Waals surface area (Å²) >= 11 is 5.19. The van der Waals surface area contributed by atoms with E-state index in [1.807, 2.05) is 60.3 Å². The van der Waals surface area contributed by atoms with E-state index in [0.29, 0.717) is 5.69 Å². The number of rotatable bonds is 5. The van der Waals surface area contributed by atoms with Crippen LogP contribution in [-0.2, 0) is 5.38 Å². The molecule has 154 valence electrons. The van der Waals surface area contributed by atoms with Crippen molar-refractivity contribution in [1.82, 2.24) is 24.5 Å². The van der Waals surface area contributed by atoms with Gasteiger partial charge in [0.05, 0.1) is 6.04 Å². The largest absolute Gasteiger partial charge is 0.364 e. The minimum absolute atomic E-state index is 0.0222. The molecule has 6 nitrogen and oxygen atoms in total. The molecule has 0 saturated carbocycles. The number of nitrogens with one attached hydrogen (secondary N) is 1. The van der Waals surface area contributed by atoms with E-state index in [1.165, 1.54) is 6.07 Å². The predicted molar refractivity (Wildman–Crippen MR) is 109 cm³/mol. The summed E-state index contributed by atoms with van der Waals surface area (Å²) in [5, 5.41) is 3.18. The van der Waals surface area contributed by atoms with E-state index < -0.39 is 17.0 Å². The van der Waals surface area contributed by atoms with Gasteiger partial charge in [-0.2, -0.15) is 13.9 Å². The highest BCUT2D eigenvalue weighted by Gasteiger charge is 2.32. The van der Waals surface area contributed by atoms with Crippen LogP contribution in [0.15, 0.2) is 60.9 Å². The molecule has 1 atom stereocenters. The second-order valence-corrected chi connectivity index (χ2v) is 7.43. The summed E-state index contributed by atoms with van der Waals surface area (Å²) in [6.45, 7) is 3.40. The van der Waals surface area contributed by atoms with E-state index in [0.717, 1.165) is 21.8 Å². The highest BCUT2D eigenvalue weighted by atomic mass is 35.5. The van der Waals surface area contributed by atoms with Crippen LogP contribution in [0.2, 0.25) is 0 Å². The molecule has 1 aromatic carbocycles. The molecule has 0 fully saturated rings. The van der Waals surface area contributed by atoms with Crippen LogP contribution < -0.4 is 5.32 Å². The number of aromatic nitrogens is 4. The first-order valence-electron chi connectivity index (χ1n) is 9.21. The summed E-state index contributed by atoms with van der Waals surface area (Å²) in [7, 11) is 0. The molecule has 4 rings (SSSR count). The maximum atomic E-state index is 13.7. The van der Waals surface area contributed by atoms with Gasteiger partial charge in [0.15, 0.2) is 11.3 Å². The molecule has 9 heteroatoms. The summed E-state index contributed by atoms with van der Waals surface area (Å²) in [6, 6.07) is 13.8. The van der Waals surface area contributed by atoms with Crippen LogP contribution in [0.25, 0.3) is 11.3 Å². The molecule has 1 unspecified atom stereocenters. The van der Waals surface area contributed by atoms with Crippen molar-refractivity contribution in [2.24, 2.45) is 0 Å². The molecule has 0 spiro atoms. The van der Waals surface area contributed by atoms with Crippen molar-refractivity contribution in [3.8, 4) is 5.69 Å². The van der Waals surface area contributed by atoms with Crippen molar-refractivity contribution in [3.63, 3.8) is 0 Å². The second kappa shape index (κ2) is 7.53. The number of hydrogen-bond donors (Lipinski definition) is 1. The molecule has 30 heavy (non-hydrogen) atoms. The third-order valence-corrected chi connectivity index (χ3v) is 4.92. The van der Waals surface area contributed by atoms with E-state index in [1.54, 1.807) is 6.92 Å². The lowest BCUT2D eigenvalue weighted by molar-refractivity contribution is 0.0863. The summed E-state index contributed by atoms with van der Waals surface area (Å²) in [6.07, 6.45) is 3.88. The number of hydrogen-bond acceptors (Lipinski definition) is 3. The van der Waals surface area contributed by atoms with Crippen LogP contribution in [0.3, 0.4) is 0 Å². The number of carbonyl (C=O) groups is 1. The number of nitrogens with zero attached hydrogens (tertiary/aromatic N) is 4. The van der Waals surface area contributed by atoms with Gasteiger partial charge in [-0.25, -0.2) is 9.50 Å². The average Bonchev–Trinajstić information content (AvgIpc) is 3.36. The van der Waals surface area contributed by atoms with Gasteiger partial charge in [0.2, 0.25) is 0 Å². The first kappa shape index (κ1) is 20.0. The predicted octanol–water partition coefficient (Wildman–Crippen LogP) is 4.61. The van der Waals surface area contributed by atoms with Crippen molar-refractivity contribution in [1.29, 1.82) is 0 Å². The molecular weight excluding hydrogens is 412 g/mol. The highest BCUT2D eigenvalue weighted by Crippen LogP contribution is 2.32. The van der Waals surface area contributed by atoms with Crippen LogP contribution in [0.1, 0.15) is 40.4 Å². The topological polar surface area (TPSA) is 64.2 Å². The maximum Gasteiger partial charge on any atom is 0.364 e. The quantitative estimate of drug-likeness (QED) is 0.471. The van der Waals surface area contributed by atoms with Gasteiger partial charge >= 0.3 is 5.38 Å². The van der Waals surface area contributed by atoms with Crippen LogP contribution in [0.5, 0.6) is 0 Å². The van der Waals surface area contributed by atoms with Gasteiger partial charge in [0.25, 0.3) is 5.91 Å². The molecule has 0 radical (unpaired) electrons. The maximum absolute atomic E-state index is 13.7. The summed E-state index contributed by atoms with van der Waals surface area (Å²) < 4.78 is 30.3. The first-order chi connectivity index (χ1) is 14.2. The van der Waals surface area contributed by atoms with Crippen LogP contribution in [0.4, 0.5) is 8.78 Å². The lowest BCUT2D eigenvalue weighted by Gasteiger charge is -2.14. The van der Waals surface area contributed by atoms with Crippen LogP contribution in [-0.4, -0.2) is 25.1 Å². The summed E-state index contributed by atoms with van der Waals surface area (Å²) in [4.78, 5) is 16.8. The number of alkyl halides is 3. The lowest BCUT2D eigenvalue weighted by atomic mass is 10.1. The molecule has 0 saturated heterocycles. The zero-order valence-electron chi connectivity index (χ0n) is 16.2. The normalized spacial score (nSPS) is 12.8. The Morgan fingerprint density at radius 3 is 2.47 bits per heavy atom. The molecular formula is C21H18ClF2N5O. The fourth-order valence-corrected chi connectivity index (χ4v) is 3.34. The monoisotopic (exact) mass is 429 g/mol. The minimum Gasteiger partial charge on any atom is -0.344 e. The summed E-state index contributed by atoms with van der Waals surface area (Å²) in [5.74, 6) is -0.496. The standard InChI is InChI=1S/C21H18ClF2N5O/c1-13-11-18(21(22,23)24)29-19(25-13)12-17(27-29)20(30)26-14(2)15-5-7-16(8-6-15)28-9-3-4-10-28/h3-12,14H,1-2H3,(H,26,30). The number of benzene rings is 1. The Kier molecular flexibility index (Phi) is 5.03. The Bertz CT molecular complexity index is 1200. The number of fused-ring (bicyclic) bond motifs is 1. The smallest absolute Gasteiger partial charge is 0.344 e. The zero-order valence-corrected chi connectivity index (χ0v) is 16.9. The van der Waals surface area contributed by atoms with Gasteiger partial charge in [-0.1, -0.05) is 12.1 Å². The van der Waals surface area contributed by atoms with Crippen molar-refractivity contribution in [3.05, 3.63) is 83.6 Å². The third-order valence-electron chi connectivity index (χ3n) is 4.72. The fraction of sp³-hybridized carbons (Fsp3) is 0.190. The van der Waals surface area contributed by atoms with E-state index >= 15 is 0 Å². The molecule has 4 aromatic rings. The highest BCUT2D eigenvalue weighted by molar-refractivity contribution is 6.21. The number of aryl methyl sites for hydroxylation is 1. The molecule has 1 N–H and O–H groups in total. The van der Waals surface area contributed by atoms with Gasteiger partial charge in [-0.05, 0) is 61.3 Å². The van der Waals surface area contributed by atoms with Gasteiger partial charge in [-0.3, -0.25) is 4.79 Å². The first-order valence-corrected chi connectivity index (χ1v) is 9.59. The molecule has 0 aliphatic rings. The molecule has 0 bridgehead atoms. The van der Waals surface area contributed by atoms with E-state index in [9.17, 15) is 13.6 Å². The number of halogens is 3. The Morgan fingerprint density at radius 2 is 1.83 bits per heavy atom. The molecule has 0 aliphatic carbocycles. The van der Waals surface area contributed by atoms with E-state index in [4.69, 9.17) is 11.6 Å². The van der Waals surface area contributed by atoms with Crippen molar-refractivity contribution >= 4 is 23.2 Å². The summed E-state index contributed by atoms with van der Waals surface area (Å²) in [5.41, 5.74) is 1.80. The average molecular weight is 430 g/mol. The second-order valence-electron chi connectivity index (χ2n) is 6.96. The van der Waals surface area contributed by atoms with Gasteiger partial charge in [0.1, 0.15) is 5.69 Å². The van der Waals surface area contributed by atoms with Crippen molar-refractivity contribution in [2.45, 2.75) is 25.3 Å². The van der Waals surface area contributed by atoms with Crippen LogP contribution in [0, 0.1) is 6.92 Å². The van der Waals surface area contributed by atoms with E-state index in [-0.39, 0.29) is 17.4 Å². The molecule has 1 amide bonds. The van der Waals surface area contributed by atoms with E-state index in [2.05, 4.69) is 15.4 Å². The Balaban J connectivity index is 1.55. The lowest BCUT2D eigenvalue weighted by Crippen LogP contribution is -2.27. The molecule has 3 heterocycles. The molecule has 0 aliphatic heterocycles. The van der Waals surface area contributed by atoms with Crippen molar-refractivity contribution in [2.75, 3.05) is 0 Å². The van der Waals surface area contributed by atoms with Crippen molar-refractivity contribution < 1.29 is 13.6 Å². The zero-order chi connectivity index (χ0) is 21.5. The van der Waals surface area contributed by atoms with Gasteiger partial charge in [0, 0.05) is 29.8 Å². The number of carbonyl (C=O) groups excluding carboxylic acids is 1. The number of amides is 1. The Hall–Kier alpha value is -3.26. The Labute approximate surface area is 176 Å². The minimum atomic E-state index is -3.64. The SMILES string of the molecule is Cc1cc(C(F)(F)Cl)n2nc(C(=O)NC(C)c3ccc(-n4cccc4)cc3)cc2n1. The Morgan fingerprint density at radius 1 is 1.17 bits per heavy atom.